The molecule has 1 saturated heterocycles. The van der Waals surface area contributed by atoms with E-state index in [2.05, 4.69) is 19.0 Å². The highest BCUT2D eigenvalue weighted by molar-refractivity contribution is 6.17. The number of rotatable bonds is 5. The Kier molecular flexibility index (Phi) is 6.14. The summed E-state index contributed by atoms with van der Waals surface area (Å²) in [5.41, 5.74) is 0. The fourth-order valence-electron chi connectivity index (χ4n) is 2.16. The molecule has 0 aromatic heterocycles. The van der Waals surface area contributed by atoms with Crippen molar-refractivity contribution in [1.29, 1.82) is 0 Å². The molecule has 1 aliphatic heterocycles. The number of carbonyl (C=O) groups excluding carboxylic acids is 1. The van der Waals surface area contributed by atoms with Crippen LogP contribution >= 0.6 is 11.6 Å². The van der Waals surface area contributed by atoms with Gasteiger partial charge in [0.15, 0.2) is 0 Å². The van der Waals surface area contributed by atoms with Gasteiger partial charge in [0.05, 0.1) is 0 Å². The van der Waals surface area contributed by atoms with Crippen molar-refractivity contribution in [1.82, 2.24) is 9.80 Å². The Morgan fingerprint density at radius 3 is 2.44 bits per heavy atom. The summed E-state index contributed by atoms with van der Waals surface area (Å²) in [6.45, 7) is 1.84. The van der Waals surface area contributed by atoms with Crippen LogP contribution in [0.25, 0.3) is 0 Å². The molecule has 0 aromatic carbocycles. The summed E-state index contributed by atoms with van der Waals surface area (Å²) in [6, 6.07) is 0.645. The predicted molar refractivity (Wildman–Crippen MR) is 67.9 cm³/mol. The molecule has 0 aromatic rings. The minimum atomic E-state index is 0.308. The number of unbranched alkanes of at least 4 members (excludes halogenated alkanes) is 1. The van der Waals surface area contributed by atoms with Crippen LogP contribution < -0.4 is 0 Å². The average molecular weight is 247 g/mol. The summed E-state index contributed by atoms with van der Waals surface area (Å²) in [7, 11) is 4.23. The number of likely N-dealkylation sites (tertiary alicyclic amines) is 1. The van der Waals surface area contributed by atoms with E-state index in [9.17, 15) is 4.79 Å². The van der Waals surface area contributed by atoms with Crippen molar-refractivity contribution in [3.63, 3.8) is 0 Å². The number of nitrogens with zero attached hydrogens (tertiary/aromatic N) is 2. The van der Waals surface area contributed by atoms with Crippen molar-refractivity contribution in [3.8, 4) is 0 Å². The third-order valence-electron chi connectivity index (χ3n) is 3.32. The first-order valence-corrected chi connectivity index (χ1v) is 6.68. The summed E-state index contributed by atoms with van der Waals surface area (Å²) in [4.78, 5) is 16.1. The van der Waals surface area contributed by atoms with Gasteiger partial charge in [0.25, 0.3) is 0 Å². The fourth-order valence-corrected chi connectivity index (χ4v) is 2.35. The lowest BCUT2D eigenvalue weighted by atomic mass is 10.0. The van der Waals surface area contributed by atoms with Gasteiger partial charge in [-0.25, -0.2) is 0 Å². The fraction of sp³-hybridized carbons (Fsp3) is 0.917. The molecule has 1 amide bonds. The second-order valence-corrected chi connectivity index (χ2v) is 5.10. The molecular weight excluding hydrogens is 224 g/mol. The third kappa shape index (κ3) is 4.30. The van der Waals surface area contributed by atoms with E-state index in [0.29, 0.717) is 24.2 Å². The van der Waals surface area contributed by atoms with Gasteiger partial charge in [-0.3, -0.25) is 4.79 Å². The molecule has 1 aliphatic rings. The highest BCUT2D eigenvalue weighted by Crippen LogP contribution is 2.15. The zero-order chi connectivity index (χ0) is 12.0. The topological polar surface area (TPSA) is 23.6 Å². The van der Waals surface area contributed by atoms with Crippen LogP contribution in [-0.2, 0) is 4.79 Å². The maximum absolute atomic E-state index is 11.8. The summed E-state index contributed by atoms with van der Waals surface area (Å²) >= 11 is 5.59. The lowest BCUT2D eigenvalue weighted by Gasteiger charge is -2.35. The van der Waals surface area contributed by atoms with Gasteiger partial charge in [-0.2, -0.15) is 0 Å². The lowest BCUT2D eigenvalue weighted by molar-refractivity contribution is -0.132. The summed E-state index contributed by atoms with van der Waals surface area (Å²) in [5.74, 6) is 0.970. The van der Waals surface area contributed by atoms with Crippen LogP contribution in [0.5, 0.6) is 0 Å². The Morgan fingerprint density at radius 1 is 1.31 bits per heavy atom. The third-order valence-corrected chi connectivity index (χ3v) is 3.59. The zero-order valence-corrected chi connectivity index (χ0v) is 11.2. The highest BCUT2D eigenvalue weighted by atomic mass is 35.5. The molecule has 1 fully saturated rings. The van der Waals surface area contributed by atoms with Crippen molar-refractivity contribution in [2.45, 2.75) is 38.1 Å². The summed E-state index contributed by atoms with van der Waals surface area (Å²) in [6.07, 6.45) is 4.75. The van der Waals surface area contributed by atoms with E-state index < -0.39 is 0 Å². The molecular formula is C12H23ClN2O. The average Bonchev–Trinajstić information content (AvgIpc) is 2.29. The van der Waals surface area contributed by atoms with E-state index in [4.69, 9.17) is 11.6 Å². The number of amides is 1. The van der Waals surface area contributed by atoms with Gasteiger partial charge in [-0.1, -0.05) is 0 Å². The Labute approximate surface area is 104 Å². The molecule has 1 heterocycles. The van der Waals surface area contributed by atoms with Crippen LogP contribution in [0.15, 0.2) is 0 Å². The first kappa shape index (κ1) is 13.8. The van der Waals surface area contributed by atoms with Gasteiger partial charge in [0, 0.05) is 31.4 Å². The molecule has 0 spiro atoms. The van der Waals surface area contributed by atoms with Crippen LogP contribution in [-0.4, -0.2) is 54.8 Å². The normalized spacial score (nSPS) is 18.1. The van der Waals surface area contributed by atoms with Gasteiger partial charge in [0.1, 0.15) is 0 Å². The minimum Gasteiger partial charge on any atom is -0.343 e. The first-order chi connectivity index (χ1) is 7.65. The van der Waals surface area contributed by atoms with E-state index >= 15 is 0 Å². The molecule has 3 nitrogen and oxygen atoms in total. The van der Waals surface area contributed by atoms with Crippen molar-refractivity contribution < 1.29 is 4.79 Å². The Balaban J connectivity index is 2.22. The van der Waals surface area contributed by atoms with Crippen LogP contribution in [0, 0.1) is 0 Å². The maximum Gasteiger partial charge on any atom is 0.222 e. The van der Waals surface area contributed by atoms with E-state index in [1.54, 1.807) is 0 Å². The number of carbonyl (C=O) groups is 1. The van der Waals surface area contributed by atoms with Gasteiger partial charge >= 0.3 is 0 Å². The number of halogens is 1. The quantitative estimate of drug-likeness (QED) is 0.547. The number of hydrogen-bond donors (Lipinski definition) is 0. The largest absolute Gasteiger partial charge is 0.343 e. The van der Waals surface area contributed by atoms with Gasteiger partial charge in [-0.15, -0.1) is 11.6 Å². The highest BCUT2D eigenvalue weighted by Gasteiger charge is 2.23. The molecule has 1 rings (SSSR count). The predicted octanol–water partition coefficient (Wildman–Crippen LogP) is 1.95. The van der Waals surface area contributed by atoms with Crippen LogP contribution in [0.2, 0.25) is 0 Å². The van der Waals surface area contributed by atoms with Crippen molar-refractivity contribution in [2.24, 2.45) is 0 Å². The van der Waals surface area contributed by atoms with Crippen molar-refractivity contribution in [2.75, 3.05) is 33.1 Å². The van der Waals surface area contributed by atoms with E-state index in [1.165, 1.54) is 0 Å². The van der Waals surface area contributed by atoms with E-state index in [0.717, 1.165) is 38.8 Å². The molecule has 0 bridgehead atoms. The van der Waals surface area contributed by atoms with Gasteiger partial charge in [0.2, 0.25) is 5.91 Å². The smallest absolute Gasteiger partial charge is 0.222 e. The van der Waals surface area contributed by atoms with E-state index in [-0.39, 0.29) is 0 Å². The van der Waals surface area contributed by atoms with Crippen LogP contribution in [0.4, 0.5) is 0 Å². The molecule has 0 N–H and O–H groups in total. The second-order valence-electron chi connectivity index (χ2n) is 4.72. The molecule has 0 saturated carbocycles. The van der Waals surface area contributed by atoms with Gasteiger partial charge < -0.3 is 9.80 Å². The molecule has 0 unspecified atom stereocenters. The molecule has 0 atom stereocenters. The monoisotopic (exact) mass is 246 g/mol. The molecule has 94 valence electrons. The lowest BCUT2D eigenvalue weighted by Crippen LogP contribution is -2.44. The van der Waals surface area contributed by atoms with Crippen molar-refractivity contribution in [3.05, 3.63) is 0 Å². The maximum atomic E-state index is 11.8. The Bertz CT molecular complexity index is 213. The SMILES string of the molecule is CN(C)C1CCN(C(=O)CCCCCl)CC1. The minimum absolute atomic E-state index is 0.308. The molecule has 0 aliphatic carbocycles. The number of piperidine rings is 1. The van der Waals surface area contributed by atoms with Crippen LogP contribution in [0.3, 0.4) is 0 Å². The Hall–Kier alpha value is -0.280. The summed E-state index contributed by atoms with van der Waals surface area (Å²) in [5, 5.41) is 0. The molecule has 16 heavy (non-hydrogen) atoms. The molecule has 0 radical (unpaired) electrons. The van der Waals surface area contributed by atoms with Crippen LogP contribution in [0.1, 0.15) is 32.1 Å². The first-order valence-electron chi connectivity index (χ1n) is 6.15. The van der Waals surface area contributed by atoms with Crippen molar-refractivity contribution >= 4 is 17.5 Å². The number of alkyl halides is 1. The second kappa shape index (κ2) is 7.13. The van der Waals surface area contributed by atoms with E-state index in [1.807, 2.05) is 4.90 Å². The van der Waals surface area contributed by atoms with Gasteiger partial charge in [-0.05, 0) is 39.8 Å². The standard InChI is InChI=1S/C12H23ClN2O/c1-14(2)11-6-9-15(10-7-11)12(16)5-3-4-8-13/h11H,3-10H2,1-2H3. The zero-order valence-electron chi connectivity index (χ0n) is 10.4. The molecule has 4 heteroatoms. The Morgan fingerprint density at radius 2 is 1.94 bits per heavy atom. The summed E-state index contributed by atoms with van der Waals surface area (Å²) < 4.78 is 0. The number of hydrogen-bond acceptors (Lipinski definition) is 2.